The Balaban J connectivity index is 2.26. The molecule has 0 aliphatic rings. The first-order valence-corrected chi connectivity index (χ1v) is 7.75. The van der Waals surface area contributed by atoms with Crippen molar-refractivity contribution in [3.05, 3.63) is 35.4 Å². The third-order valence-corrected chi connectivity index (χ3v) is 3.38. The predicted molar refractivity (Wildman–Crippen MR) is 91.7 cm³/mol. The second kappa shape index (κ2) is 11.0. The van der Waals surface area contributed by atoms with Gasteiger partial charge in [0.25, 0.3) is 0 Å². The monoisotopic (exact) mass is 307 g/mol. The van der Waals surface area contributed by atoms with Crippen LogP contribution in [0, 0.1) is 6.92 Å². The summed E-state index contributed by atoms with van der Waals surface area (Å²) in [4.78, 5) is 4.22. The topological polar surface area (TPSA) is 54.9 Å². The number of hydrogen-bond donors (Lipinski definition) is 2. The highest BCUT2D eigenvalue weighted by Gasteiger charge is 2.06. The Labute approximate surface area is 134 Å². The van der Waals surface area contributed by atoms with E-state index in [1.54, 1.807) is 14.2 Å². The first-order valence-electron chi connectivity index (χ1n) is 7.75. The molecule has 0 heterocycles. The lowest BCUT2D eigenvalue weighted by atomic mass is 9.99. The molecular formula is C17H29N3O2. The number of hydrogen-bond acceptors (Lipinski definition) is 3. The Hall–Kier alpha value is -1.59. The number of nitrogens with zero attached hydrogens (tertiary/aromatic N) is 1. The molecule has 1 rings (SSSR count). The molecule has 1 aromatic rings. The number of ether oxygens (including phenoxy) is 2. The number of benzene rings is 1. The summed E-state index contributed by atoms with van der Waals surface area (Å²) in [7, 11) is 3.45. The van der Waals surface area contributed by atoms with Crippen molar-refractivity contribution in [1.82, 2.24) is 10.6 Å². The average molecular weight is 307 g/mol. The highest BCUT2D eigenvalue weighted by atomic mass is 16.5. The molecule has 22 heavy (non-hydrogen) atoms. The molecule has 5 heteroatoms. The molecule has 0 saturated carbocycles. The fourth-order valence-electron chi connectivity index (χ4n) is 2.05. The second-order valence-corrected chi connectivity index (χ2v) is 5.30. The molecule has 0 fully saturated rings. The van der Waals surface area contributed by atoms with Gasteiger partial charge in [-0.1, -0.05) is 36.8 Å². The van der Waals surface area contributed by atoms with Crippen LogP contribution in [0.3, 0.4) is 0 Å². The molecular weight excluding hydrogens is 278 g/mol. The summed E-state index contributed by atoms with van der Waals surface area (Å²) in [6, 6.07) is 8.62. The van der Waals surface area contributed by atoms with E-state index in [1.807, 2.05) is 0 Å². The van der Waals surface area contributed by atoms with Gasteiger partial charge in [0, 0.05) is 27.2 Å². The quantitative estimate of drug-likeness (QED) is 0.416. The predicted octanol–water partition coefficient (Wildman–Crippen LogP) is 1.93. The Kier molecular flexibility index (Phi) is 9.26. The van der Waals surface area contributed by atoms with E-state index in [1.165, 1.54) is 11.1 Å². The van der Waals surface area contributed by atoms with Crippen molar-refractivity contribution in [2.75, 3.05) is 47.1 Å². The number of rotatable bonds is 9. The number of methoxy groups -OCH3 is 1. The van der Waals surface area contributed by atoms with Crippen molar-refractivity contribution in [2.45, 2.75) is 19.8 Å². The average Bonchev–Trinajstić information content (AvgIpc) is 2.53. The molecule has 1 unspecified atom stereocenters. The summed E-state index contributed by atoms with van der Waals surface area (Å²) in [6.45, 7) is 7.78. The summed E-state index contributed by atoms with van der Waals surface area (Å²) in [5.41, 5.74) is 2.63. The normalized spacial score (nSPS) is 13.0. The first-order chi connectivity index (χ1) is 10.7. The number of aryl methyl sites for hydroxylation is 1. The van der Waals surface area contributed by atoms with Crippen LogP contribution in [-0.4, -0.2) is 53.0 Å². The smallest absolute Gasteiger partial charge is 0.191 e. The van der Waals surface area contributed by atoms with Crippen molar-refractivity contribution in [1.29, 1.82) is 0 Å². The van der Waals surface area contributed by atoms with Gasteiger partial charge < -0.3 is 20.1 Å². The van der Waals surface area contributed by atoms with Crippen LogP contribution in [0.25, 0.3) is 0 Å². The van der Waals surface area contributed by atoms with E-state index in [4.69, 9.17) is 9.47 Å². The van der Waals surface area contributed by atoms with E-state index in [2.05, 4.69) is 53.7 Å². The third kappa shape index (κ3) is 7.43. The van der Waals surface area contributed by atoms with E-state index < -0.39 is 0 Å². The summed E-state index contributed by atoms with van der Waals surface area (Å²) in [5.74, 6) is 1.23. The molecule has 0 saturated heterocycles. The van der Waals surface area contributed by atoms with Gasteiger partial charge in [-0.25, -0.2) is 0 Å². The van der Waals surface area contributed by atoms with Crippen LogP contribution in [0.5, 0.6) is 0 Å². The van der Waals surface area contributed by atoms with Gasteiger partial charge in [0.2, 0.25) is 0 Å². The fourth-order valence-corrected chi connectivity index (χ4v) is 2.05. The standard InChI is InChI=1S/C17H29N3O2/c1-14-6-5-7-16(12-14)15(2)13-20-17(18-3)19-8-9-22-11-10-21-4/h5-7,12,15H,8-11,13H2,1-4H3,(H2,18,19,20). The number of guanidine groups is 1. The molecule has 124 valence electrons. The van der Waals surface area contributed by atoms with Crippen LogP contribution in [-0.2, 0) is 9.47 Å². The van der Waals surface area contributed by atoms with E-state index in [0.717, 1.165) is 19.0 Å². The summed E-state index contributed by atoms with van der Waals surface area (Å²) >= 11 is 0. The third-order valence-electron chi connectivity index (χ3n) is 3.38. The zero-order chi connectivity index (χ0) is 16.2. The van der Waals surface area contributed by atoms with Crippen LogP contribution < -0.4 is 10.6 Å². The van der Waals surface area contributed by atoms with E-state index in [0.29, 0.717) is 25.7 Å². The molecule has 1 atom stereocenters. The van der Waals surface area contributed by atoms with Gasteiger partial charge in [-0.3, -0.25) is 4.99 Å². The van der Waals surface area contributed by atoms with Crippen molar-refractivity contribution >= 4 is 5.96 Å². The summed E-state index contributed by atoms with van der Waals surface area (Å²) < 4.78 is 10.3. The molecule has 0 aliphatic heterocycles. The lowest BCUT2D eigenvalue weighted by Gasteiger charge is -2.16. The molecule has 1 aromatic carbocycles. The van der Waals surface area contributed by atoms with Crippen molar-refractivity contribution in [3.63, 3.8) is 0 Å². The van der Waals surface area contributed by atoms with Crippen LogP contribution >= 0.6 is 0 Å². The molecule has 0 aromatic heterocycles. The van der Waals surface area contributed by atoms with Gasteiger partial charge in [0.05, 0.1) is 19.8 Å². The fraction of sp³-hybridized carbons (Fsp3) is 0.588. The van der Waals surface area contributed by atoms with Gasteiger partial charge >= 0.3 is 0 Å². The van der Waals surface area contributed by atoms with Gasteiger partial charge in [-0.2, -0.15) is 0 Å². The Morgan fingerprint density at radius 2 is 2.05 bits per heavy atom. The highest BCUT2D eigenvalue weighted by Crippen LogP contribution is 2.15. The Morgan fingerprint density at radius 1 is 1.23 bits per heavy atom. The van der Waals surface area contributed by atoms with Gasteiger partial charge in [0.15, 0.2) is 5.96 Å². The van der Waals surface area contributed by atoms with Crippen molar-refractivity contribution < 1.29 is 9.47 Å². The van der Waals surface area contributed by atoms with Crippen molar-refractivity contribution in [3.8, 4) is 0 Å². The first kappa shape index (κ1) is 18.5. The zero-order valence-corrected chi connectivity index (χ0v) is 14.2. The second-order valence-electron chi connectivity index (χ2n) is 5.30. The molecule has 0 bridgehead atoms. The Morgan fingerprint density at radius 3 is 2.73 bits per heavy atom. The lowest BCUT2D eigenvalue weighted by molar-refractivity contribution is 0.0733. The largest absolute Gasteiger partial charge is 0.382 e. The molecule has 0 radical (unpaired) electrons. The maximum absolute atomic E-state index is 5.41. The number of aliphatic imine (C=N–C) groups is 1. The molecule has 5 nitrogen and oxygen atoms in total. The molecule has 0 spiro atoms. The molecule has 2 N–H and O–H groups in total. The maximum Gasteiger partial charge on any atom is 0.191 e. The molecule has 0 aliphatic carbocycles. The SMILES string of the molecule is CN=C(NCCOCCOC)NCC(C)c1cccc(C)c1. The van der Waals surface area contributed by atoms with Crippen LogP contribution in [0.4, 0.5) is 0 Å². The number of nitrogens with one attached hydrogen (secondary N) is 2. The van der Waals surface area contributed by atoms with Crippen LogP contribution in [0.2, 0.25) is 0 Å². The molecule has 0 amide bonds. The lowest BCUT2D eigenvalue weighted by Crippen LogP contribution is -2.40. The van der Waals surface area contributed by atoms with Gasteiger partial charge in [-0.05, 0) is 18.4 Å². The minimum absolute atomic E-state index is 0.427. The summed E-state index contributed by atoms with van der Waals surface area (Å²) in [6.07, 6.45) is 0. The Bertz CT molecular complexity index is 449. The van der Waals surface area contributed by atoms with Crippen LogP contribution in [0.15, 0.2) is 29.3 Å². The minimum atomic E-state index is 0.427. The van der Waals surface area contributed by atoms with E-state index in [9.17, 15) is 0 Å². The highest BCUT2D eigenvalue weighted by molar-refractivity contribution is 5.79. The van der Waals surface area contributed by atoms with E-state index >= 15 is 0 Å². The van der Waals surface area contributed by atoms with Gasteiger partial charge in [0.1, 0.15) is 0 Å². The van der Waals surface area contributed by atoms with Crippen molar-refractivity contribution in [2.24, 2.45) is 4.99 Å². The van der Waals surface area contributed by atoms with E-state index in [-0.39, 0.29) is 0 Å². The minimum Gasteiger partial charge on any atom is -0.382 e. The summed E-state index contributed by atoms with van der Waals surface area (Å²) in [5, 5.41) is 6.59. The zero-order valence-electron chi connectivity index (χ0n) is 14.2. The van der Waals surface area contributed by atoms with Crippen LogP contribution in [0.1, 0.15) is 24.0 Å². The van der Waals surface area contributed by atoms with Gasteiger partial charge in [-0.15, -0.1) is 0 Å². The maximum atomic E-state index is 5.41.